The highest BCUT2D eigenvalue weighted by molar-refractivity contribution is 8.04. The summed E-state index contributed by atoms with van der Waals surface area (Å²) in [6, 6.07) is 0. The van der Waals surface area contributed by atoms with Crippen molar-refractivity contribution in [3.8, 4) is 0 Å². The maximum Gasteiger partial charge on any atom is 0.309 e. The Bertz CT molecular complexity index is 400. The molecule has 0 fully saturated rings. The molecule has 0 aliphatic heterocycles. The molecular weight excluding hydrogens is 252 g/mol. The number of aliphatic carboxylic acids is 1. The Morgan fingerprint density at radius 1 is 1.13 bits per heavy atom. The van der Waals surface area contributed by atoms with Crippen LogP contribution in [0.1, 0.15) is 13.3 Å². The molecule has 0 aliphatic carbocycles. The van der Waals surface area contributed by atoms with Crippen molar-refractivity contribution < 1.29 is 35.8 Å². The molecule has 0 aromatic heterocycles. The van der Waals surface area contributed by atoms with Gasteiger partial charge >= 0.3 is 5.97 Å². The summed E-state index contributed by atoms with van der Waals surface area (Å²) in [6.07, 6.45) is -0.375. The van der Waals surface area contributed by atoms with Crippen LogP contribution in [0.2, 0.25) is 0 Å². The van der Waals surface area contributed by atoms with E-state index in [2.05, 4.69) is 0 Å². The lowest BCUT2D eigenvalue weighted by molar-refractivity contribution is -0.141. The van der Waals surface area contributed by atoms with Gasteiger partial charge in [-0.3, -0.25) is 13.9 Å². The molecule has 0 heterocycles. The van der Waals surface area contributed by atoms with Gasteiger partial charge in [0.15, 0.2) is 0 Å². The van der Waals surface area contributed by atoms with Gasteiger partial charge in [-0.25, -0.2) is 0 Å². The van der Waals surface area contributed by atoms with E-state index in [0.717, 1.165) is 0 Å². The summed E-state index contributed by atoms with van der Waals surface area (Å²) in [4.78, 5) is 10.5. The van der Waals surface area contributed by atoms with Crippen LogP contribution in [-0.2, 0) is 25.0 Å². The highest BCUT2D eigenvalue weighted by atomic mass is 32.3. The molecule has 0 saturated heterocycles. The first kappa shape index (κ1) is 14.3. The predicted octanol–water partition coefficient (Wildman–Crippen LogP) is -0.801. The minimum Gasteiger partial charge on any atom is -0.481 e. The average molecular weight is 262 g/mol. The minimum absolute atomic E-state index is 0.375. The van der Waals surface area contributed by atoms with Gasteiger partial charge in [-0.05, 0) is 6.42 Å². The average Bonchev–Trinajstić information content (AvgIpc) is 1.93. The highest BCUT2D eigenvalue weighted by Gasteiger charge is 2.45. The van der Waals surface area contributed by atoms with E-state index in [1.54, 1.807) is 0 Å². The second-order valence-electron chi connectivity index (χ2n) is 2.75. The third-order valence-electron chi connectivity index (χ3n) is 1.67. The number of carboxylic acid groups (broad SMARTS) is 1. The van der Waals surface area contributed by atoms with Crippen molar-refractivity contribution in [2.24, 2.45) is 5.92 Å². The zero-order valence-corrected chi connectivity index (χ0v) is 9.19. The van der Waals surface area contributed by atoms with E-state index in [4.69, 9.17) is 14.2 Å². The van der Waals surface area contributed by atoms with Gasteiger partial charge in [0.1, 0.15) is 0 Å². The van der Waals surface area contributed by atoms with Crippen molar-refractivity contribution in [2.75, 3.05) is 0 Å². The molecule has 1 atom stereocenters. The van der Waals surface area contributed by atoms with Gasteiger partial charge in [0, 0.05) is 0 Å². The molecule has 15 heavy (non-hydrogen) atoms. The molecule has 0 aliphatic rings. The van der Waals surface area contributed by atoms with Gasteiger partial charge in [0.2, 0.25) is 4.58 Å². The predicted molar refractivity (Wildman–Crippen MR) is 48.3 cm³/mol. The van der Waals surface area contributed by atoms with Crippen LogP contribution in [0, 0.1) is 5.92 Å². The molecule has 0 aromatic carbocycles. The second-order valence-corrected chi connectivity index (χ2v) is 6.13. The van der Waals surface area contributed by atoms with Gasteiger partial charge in [-0.2, -0.15) is 16.8 Å². The lowest BCUT2D eigenvalue weighted by Gasteiger charge is -2.16. The van der Waals surface area contributed by atoms with Crippen LogP contribution in [0.25, 0.3) is 0 Å². The largest absolute Gasteiger partial charge is 0.481 e. The zero-order chi connectivity index (χ0) is 12.4. The fraction of sp³-hybridized carbons (Fsp3) is 0.800. The van der Waals surface area contributed by atoms with Crippen molar-refractivity contribution in [3.05, 3.63) is 0 Å². The lowest BCUT2D eigenvalue weighted by Crippen LogP contribution is -2.40. The summed E-state index contributed by atoms with van der Waals surface area (Å²) in [7, 11) is -10.4. The van der Waals surface area contributed by atoms with Gasteiger partial charge in [0.25, 0.3) is 20.2 Å². The normalized spacial score (nSPS) is 15.2. The molecule has 0 aromatic rings. The highest BCUT2D eigenvalue weighted by Crippen LogP contribution is 2.21. The first-order chi connectivity index (χ1) is 6.51. The number of carboxylic acids is 1. The third kappa shape index (κ3) is 3.74. The van der Waals surface area contributed by atoms with Crippen LogP contribution in [0.15, 0.2) is 0 Å². The lowest BCUT2D eigenvalue weighted by atomic mass is 10.1. The molecule has 3 N–H and O–H groups in total. The van der Waals surface area contributed by atoms with Gasteiger partial charge in [-0.1, -0.05) is 6.92 Å². The van der Waals surface area contributed by atoms with Crippen molar-refractivity contribution >= 4 is 26.2 Å². The topological polar surface area (TPSA) is 146 Å². The third-order valence-corrected chi connectivity index (χ3v) is 4.96. The van der Waals surface area contributed by atoms with E-state index in [-0.39, 0.29) is 6.42 Å². The Labute approximate surface area is 86.4 Å². The quantitative estimate of drug-likeness (QED) is 0.545. The summed E-state index contributed by atoms with van der Waals surface area (Å²) in [6.45, 7) is 1.21. The van der Waals surface area contributed by atoms with Crippen LogP contribution in [0.5, 0.6) is 0 Å². The van der Waals surface area contributed by atoms with Crippen LogP contribution in [-0.4, -0.2) is 41.6 Å². The first-order valence-electron chi connectivity index (χ1n) is 3.67. The molecule has 90 valence electrons. The van der Waals surface area contributed by atoms with Crippen molar-refractivity contribution in [2.45, 2.75) is 17.9 Å². The minimum atomic E-state index is -5.20. The Hall–Kier alpha value is -0.710. The number of carbonyl (C=O) groups is 1. The monoisotopic (exact) mass is 262 g/mol. The molecule has 1 unspecified atom stereocenters. The Balaban J connectivity index is 5.61. The van der Waals surface area contributed by atoms with Gasteiger partial charge in [-0.15, -0.1) is 0 Å². The number of hydrogen-bond acceptors (Lipinski definition) is 5. The van der Waals surface area contributed by atoms with Gasteiger partial charge < -0.3 is 5.11 Å². The molecular formula is C5H10O8S2. The summed E-state index contributed by atoms with van der Waals surface area (Å²) < 4.78 is 56.9. The van der Waals surface area contributed by atoms with E-state index in [9.17, 15) is 21.6 Å². The number of rotatable bonds is 5. The Kier molecular flexibility index (Phi) is 4.22. The van der Waals surface area contributed by atoms with E-state index < -0.39 is 36.7 Å². The summed E-state index contributed by atoms with van der Waals surface area (Å²) in [5.74, 6) is -3.66. The van der Waals surface area contributed by atoms with Crippen LogP contribution in [0.3, 0.4) is 0 Å². The molecule has 0 spiro atoms. The Morgan fingerprint density at radius 3 is 1.53 bits per heavy atom. The molecule has 0 rings (SSSR count). The standard InChI is InChI=1S/C5H10O8S2/c1-2-3(4(6)7)5(14(8,9)10)15(11,12)13/h3,5H,2H2,1H3,(H,6,7)(H,8,9,10)(H,11,12,13). The summed E-state index contributed by atoms with van der Waals surface area (Å²) in [5, 5.41) is 8.52. The van der Waals surface area contributed by atoms with Crippen LogP contribution in [0.4, 0.5) is 0 Å². The van der Waals surface area contributed by atoms with Crippen molar-refractivity contribution in [3.63, 3.8) is 0 Å². The van der Waals surface area contributed by atoms with Crippen molar-refractivity contribution in [1.82, 2.24) is 0 Å². The maximum absolute atomic E-state index is 10.6. The second kappa shape index (κ2) is 4.43. The zero-order valence-electron chi connectivity index (χ0n) is 7.56. The Morgan fingerprint density at radius 2 is 1.47 bits per heavy atom. The van der Waals surface area contributed by atoms with E-state index in [0.29, 0.717) is 0 Å². The first-order valence-corrected chi connectivity index (χ1v) is 6.67. The van der Waals surface area contributed by atoms with E-state index in [1.165, 1.54) is 6.92 Å². The molecule has 0 amide bonds. The maximum atomic E-state index is 10.6. The van der Waals surface area contributed by atoms with E-state index in [1.807, 2.05) is 0 Å². The van der Waals surface area contributed by atoms with Crippen LogP contribution >= 0.6 is 0 Å². The molecule has 0 saturated carbocycles. The van der Waals surface area contributed by atoms with Crippen molar-refractivity contribution in [1.29, 1.82) is 0 Å². The molecule has 0 radical (unpaired) electrons. The van der Waals surface area contributed by atoms with Crippen LogP contribution < -0.4 is 0 Å². The summed E-state index contributed by atoms with van der Waals surface area (Å²) in [5.41, 5.74) is 0. The molecule has 8 nitrogen and oxygen atoms in total. The fourth-order valence-corrected chi connectivity index (χ4v) is 3.73. The SMILES string of the molecule is CCC(C(=O)O)C(S(=O)(=O)O)S(=O)(=O)O. The fourth-order valence-electron chi connectivity index (χ4n) is 1.05. The van der Waals surface area contributed by atoms with Gasteiger partial charge in [0.05, 0.1) is 5.92 Å². The van der Waals surface area contributed by atoms with E-state index >= 15 is 0 Å². The molecule has 10 heteroatoms. The summed E-state index contributed by atoms with van der Waals surface area (Å²) >= 11 is 0. The number of hydrogen-bond donors (Lipinski definition) is 3. The molecule has 0 bridgehead atoms. The smallest absolute Gasteiger partial charge is 0.309 e.